The molecular formula is C4H6N4OS. The summed E-state index contributed by atoms with van der Waals surface area (Å²) in [5.74, 6) is -0.433. The number of carbonyl (C=O) groups is 1. The van der Waals surface area contributed by atoms with Crippen LogP contribution in [0, 0.1) is 4.77 Å². The van der Waals surface area contributed by atoms with Gasteiger partial charge in [0, 0.05) is 0 Å². The van der Waals surface area contributed by atoms with E-state index in [9.17, 15) is 4.79 Å². The minimum absolute atomic E-state index is 0.0787. The number of rotatable bonds is 2. The number of hydrogen-bond acceptors (Lipinski definition) is 3. The van der Waals surface area contributed by atoms with E-state index >= 15 is 0 Å². The van der Waals surface area contributed by atoms with Crippen molar-refractivity contribution < 1.29 is 4.79 Å². The molecule has 0 atom stereocenters. The van der Waals surface area contributed by atoms with Gasteiger partial charge in [-0.3, -0.25) is 14.5 Å². The Morgan fingerprint density at radius 2 is 2.70 bits per heavy atom. The Morgan fingerprint density at radius 3 is 3.10 bits per heavy atom. The number of carbonyl (C=O) groups excluding carboxylic acids is 1. The number of amides is 1. The van der Waals surface area contributed by atoms with Gasteiger partial charge < -0.3 is 5.73 Å². The van der Waals surface area contributed by atoms with Gasteiger partial charge in [0.05, 0.1) is 0 Å². The van der Waals surface area contributed by atoms with Crippen LogP contribution >= 0.6 is 12.2 Å². The van der Waals surface area contributed by atoms with Crippen molar-refractivity contribution >= 4 is 18.1 Å². The number of nitrogens with two attached hydrogens (primary N) is 1. The largest absolute Gasteiger partial charge is 0.368 e. The summed E-state index contributed by atoms with van der Waals surface area (Å²) in [5, 5.41) is 6.09. The molecule has 54 valence electrons. The summed E-state index contributed by atoms with van der Waals surface area (Å²) in [7, 11) is 0. The third-order valence-corrected chi connectivity index (χ3v) is 1.27. The molecule has 0 unspecified atom stereocenters. The van der Waals surface area contributed by atoms with Gasteiger partial charge >= 0.3 is 0 Å². The van der Waals surface area contributed by atoms with E-state index < -0.39 is 5.91 Å². The maximum absolute atomic E-state index is 10.3. The minimum atomic E-state index is -0.433. The fourth-order valence-electron chi connectivity index (χ4n) is 0.551. The van der Waals surface area contributed by atoms with E-state index in [4.69, 9.17) is 18.0 Å². The van der Waals surface area contributed by atoms with Crippen LogP contribution in [0.2, 0.25) is 0 Å². The van der Waals surface area contributed by atoms with E-state index in [1.54, 1.807) is 0 Å². The first-order valence-corrected chi connectivity index (χ1v) is 2.99. The van der Waals surface area contributed by atoms with Gasteiger partial charge in [0.15, 0.2) is 4.77 Å². The third kappa shape index (κ3) is 1.41. The molecule has 1 rings (SSSR count). The van der Waals surface area contributed by atoms with E-state index in [-0.39, 0.29) is 6.54 Å². The predicted octanol–water partition coefficient (Wildman–Crippen LogP) is -0.574. The first-order valence-electron chi connectivity index (χ1n) is 2.58. The summed E-state index contributed by atoms with van der Waals surface area (Å²) in [6.45, 7) is 0.0787. The van der Waals surface area contributed by atoms with Crippen LogP contribution in [0.15, 0.2) is 6.33 Å². The van der Waals surface area contributed by atoms with Crippen molar-refractivity contribution in [3.63, 3.8) is 0 Å². The van der Waals surface area contributed by atoms with E-state index in [1.165, 1.54) is 10.9 Å². The Morgan fingerprint density at radius 1 is 2.00 bits per heavy atom. The van der Waals surface area contributed by atoms with Crippen LogP contribution in [-0.4, -0.2) is 20.7 Å². The SMILES string of the molecule is NC(=O)Cn1cn[nH]c1=S. The number of hydrogen-bond donors (Lipinski definition) is 2. The van der Waals surface area contributed by atoms with Crippen molar-refractivity contribution in [3.8, 4) is 0 Å². The molecule has 0 saturated heterocycles. The fourth-order valence-corrected chi connectivity index (χ4v) is 0.715. The van der Waals surface area contributed by atoms with Gasteiger partial charge in [-0.2, -0.15) is 5.10 Å². The highest BCUT2D eigenvalue weighted by molar-refractivity contribution is 7.71. The van der Waals surface area contributed by atoms with Crippen molar-refractivity contribution in [1.29, 1.82) is 0 Å². The summed E-state index contributed by atoms with van der Waals surface area (Å²) >= 11 is 4.74. The normalized spacial score (nSPS) is 9.60. The Balaban J connectivity index is 2.85. The Kier molecular flexibility index (Phi) is 1.81. The minimum Gasteiger partial charge on any atom is -0.368 e. The van der Waals surface area contributed by atoms with Crippen LogP contribution in [0.1, 0.15) is 0 Å². The van der Waals surface area contributed by atoms with Crippen LogP contribution in [0.4, 0.5) is 0 Å². The van der Waals surface area contributed by atoms with Crippen molar-refractivity contribution in [2.45, 2.75) is 6.54 Å². The van der Waals surface area contributed by atoms with Crippen molar-refractivity contribution in [3.05, 3.63) is 11.1 Å². The van der Waals surface area contributed by atoms with Gasteiger partial charge in [0.2, 0.25) is 5.91 Å². The lowest BCUT2D eigenvalue weighted by atomic mass is 10.6. The number of nitrogens with one attached hydrogen (secondary N) is 1. The van der Waals surface area contributed by atoms with E-state index in [0.717, 1.165) is 0 Å². The highest BCUT2D eigenvalue weighted by Crippen LogP contribution is 1.84. The summed E-state index contributed by atoms with van der Waals surface area (Å²) in [4.78, 5) is 10.3. The molecule has 10 heavy (non-hydrogen) atoms. The molecule has 0 aromatic carbocycles. The second-order valence-corrected chi connectivity index (χ2v) is 2.14. The highest BCUT2D eigenvalue weighted by Gasteiger charge is 1.96. The lowest BCUT2D eigenvalue weighted by Crippen LogP contribution is -2.18. The lowest BCUT2D eigenvalue weighted by molar-refractivity contribution is -0.118. The van der Waals surface area contributed by atoms with Crippen LogP contribution in [0.3, 0.4) is 0 Å². The van der Waals surface area contributed by atoms with E-state index in [2.05, 4.69) is 10.2 Å². The molecule has 1 heterocycles. The topological polar surface area (TPSA) is 76.7 Å². The fraction of sp³-hybridized carbons (Fsp3) is 0.250. The van der Waals surface area contributed by atoms with E-state index in [1.807, 2.05) is 0 Å². The predicted molar refractivity (Wildman–Crippen MR) is 36.6 cm³/mol. The molecule has 0 aliphatic heterocycles. The molecule has 0 fully saturated rings. The molecule has 0 aliphatic rings. The van der Waals surface area contributed by atoms with Crippen LogP contribution in [-0.2, 0) is 11.3 Å². The maximum Gasteiger partial charge on any atom is 0.237 e. The second-order valence-electron chi connectivity index (χ2n) is 1.76. The van der Waals surface area contributed by atoms with Gasteiger partial charge in [-0.05, 0) is 12.2 Å². The third-order valence-electron chi connectivity index (χ3n) is 0.944. The summed E-state index contributed by atoms with van der Waals surface area (Å²) in [6.07, 6.45) is 1.42. The van der Waals surface area contributed by atoms with E-state index in [0.29, 0.717) is 4.77 Å². The summed E-state index contributed by atoms with van der Waals surface area (Å²) in [5.41, 5.74) is 4.90. The highest BCUT2D eigenvalue weighted by atomic mass is 32.1. The van der Waals surface area contributed by atoms with Gasteiger partial charge in [-0.25, -0.2) is 0 Å². The smallest absolute Gasteiger partial charge is 0.237 e. The average molecular weight is 158 g/mol. The zero-order chi connectivity index (χ0) is 7.56. The van der Waals surface area contributed by atoms with Gasteiger partial charge in [-0.1, -0.05) is 0 Å². The standard InChI is InChI=1S/C4H6N4OS/c5-3(9)1-8-2-6-7-4(8)10/h2H,1H2,(H2,5,9)(H,7,10). The molecule has 3 N–H and O–H groups in total. The molecule has 1 aromatic heterocycles. The second kappa shape index (κ2) is 2.61. The average Bonchev–Trinajstić information content (AvgIpc) is 2.15. The van der Waals surface area contributed by atoms with Crippen LogP contribution in [0.25, 0.3) is 0 Å². The molecule has 1 aromatic rings. The first kappa shape index (κ1) is 6.94. The molecule has 0 aliphatic carbocycles. The number of nitrogens with zero attached hydrogens (tertiary/aromatic N) is 2. The maximum atomic E-state index is 10.3. The number of aromatic nitrogens is 3. The van der Waals surface area contributed by atoms with Gasteiger partial charge in [0.25, 0.3) is 0 Å². The van der Waals surface area contributed by atoms with Crippen LogP contribution < -0.4 is 5.73 Å². The Hall–Kier alpha value is -1.17. The monoisotopic (exact) mass is 158 g/mol. The van der Waals surface area contributed by atoms with Gasteiger partial charge in [0.1, 0.15) is 12.9 Å². The quantitative estimate of drug-likeness (QED) is 0.566. The molecule has 0 saturated carbocycles. The number of H-pyrrole nitrogens is 1. The summed E-state index contributed by atoms with van der Waals surface area (Å²) < 4.78 is 1.86. The lowest BCUT2D eigenvalue weighted by Gasteiger charge is -1.92. The number of aromatic amines is 1. The zero-order valence-corrected chi connectivity index (χ0v) is 5.89. The van der Waals surface area contributed by atoms with Crippen molar-refractivity contribution in [2.24, 2.45) is 5.73 Å². The molecule has 1 amide bonds. The Bertz CT molecular complexity index is 287. The van der Waals surface area contributed by atoms with Gasteiger partial charge in [-0.15, -0.1) is 0 Å². The number of primary amides is 1. The van der Waals surface area contributed by atoms with Crippen molar-refractivity contribution in [1.82, 2.24) is 14.8 Å². The molecule has 0 spiro atoms. The first-order chi connectivity index (χ1) is 4.70. The molecule has 5 nitrogen and oxygen atoms in total. The van der Waals surface area contributed by atoms with Crippen LogP contribution in [0.5, 0.6) is 0 Å². The molecule has 0 bridgehead atoms. The zero-order valence-electron chi connectivity index (χ0n) is 5.07. The Labute approximate surface area is 61.8 Å². The molecular weight excluding hydrogens is 152 g/mol. The molecule has 6 heteroatoms. The summed E-state index contributed by atoms with van der Waals surface area (Å²) in [6, 6.07) is 0. The van der Waals surface area contributed by atoms with Crippen molar-refractivity contribution in [2.75, 3.05) is 0 Å². The molecule has 0 radical (unpaired) electrons.